The van der Waals surface area contributed by atoms with Crippen molar-refractivity contribution in [1.29, 1.82) is 5.26 Å². The topological polar surface area (TPSA) is 112 Å². The summed E-state index contributed by atoms with van der Waals surface area (Å²) in [6.07, 6.45) is 4.79. The van der Waals surface area contributed by atoms with E-state index in [0.29, 0.717) is 21.7 Å². The van der Waals surface area contributed by atoms with Crippen LogP contribution in [0.1, 0.15) is 41.4 Å². The molecule has 0 aliphatic rings. The van der Waals surface area contributed by atoms with E-state index in [1.54, 1.807) is 16.9 Å². The van der Waals surface area contributed by atoms with Crippen LogP contribution >= 0.6 is 11.6 Å². The molecule has 9 heteroatoms. The Balaban J connectivity index is 1.78. The normalized spacial score (nSPS) is 10.9. The van der Waals surface area contributed by atoms with Crippen molar-refractivity contribution in [1.82, 2.24) is 19.6 Å². The highest BCUT2D eigenvalue weighted by Gasteiger charge is 2.23. The molecule has 32 heavy (non-hydrogen) atoms. The number of nitrogens with two attached hydrogens (primary N) is 1. The largest absolute Gasteiger partial charge is 0.464 e. The van der Waals surface area contributed by atoms with Crippen molar-refractivity contribution in [2.24, 2.45) is 0 Å². The molecule has 2 heterocycles. The summed E-state index contributed by atoms with van der Waals surface area (Å²) >= 11 is 6.51. The van der Waals surface area contributed by atoms with E-state index in [1.807, 2.05) is 18.2 Å². The van der Waals surface area contributed by atoms with Crippen molar-refractivity contribution in [2.75, 3.05) is 12.8 Å². The minimum absolute atomic E-state index is 0.0281. The lowest BCUT2D eigenvalue weighted by Gasteiger charge is -2.10. The maximum atomic E-state index is 12.3. The maximum Gasteiger partial charge on any atom is 0.357 e. The second-order valence-corrected chi connectivity index (χ2v) is 7.74. The fraction of sp³-hybridized carbons (Fsp3) is 0.217. The number of aromatic nitrogens is 4. The summed E-state index contributed by atoms with van der Waals surface area (Å²) < 4.78 is 6.28. The first-order chi connectivity index (χ1) is 15.5. The van der Waals surface area contributed by atoms with E-state index < -0.39 is 5.97 Å². The molecule has 4 aromatic rings. The van der Waals surface area contributed by atoms with Crippen molar-refractivity contribution in [2.45, 2.75) is 26.2 Å². The van der Waals surface area contributed by atoms with Gasteiger partial charge in [-0.25, -0.2) is 4.79 Å². The Kier molecular flexibility index (Phi) is 5.84. The number of carbonyl (C=O) groups is 1. The summed E-state index contributed by atoms with van der Waals surface area (Å²) in [5, 5.41) is 18.8. The predicted molar refractivity (Wildman–Crippen MR) is 122 cm³/mol. The third-order valence-corrected chi connectivity index (χ3v) is 5.54. The Morgan fingerprint density at radius 3 is 2.53 bits per heavy atom. The van der Waals surface area contributed by atoms with Gasteiger partial charge in [0.1, 0.15) is 17.1 Å². The van der Waals surface area contributed by atoms with Crippen LogP contribution in [0.3, 0.4) is 0 Å². The Labute approximate surface area is 189 Å². The molecule has 2 aromatic heterocycles. The first-order valence-corrected chi connectivity index (χ1v) is 10.5. The van der Waals surface area contributed by atoms with Crippen LogP contribution in [0.4, 0.5) is 5.69 Å². The number of fused-ring (bicyclic) bond motifs is 1. The Morgan fingerprint density at radius 2 is 1.91 bits per heavy atom. The van der Waals surface area contributed by atoms with Gasteiger partial charge in [0.15, 0.2) is 5.69 Å². The van der Waals surface area contributed by atoms with E-state index in [4.69, 9.17) is 22.1 Å². The number of nitrogens with zero attached hydrogens (tertiary/aromatic N) is 5. The van der Waals surface area contributed by atoms with Crippen LogP contribution in [0.2, 0.25) is 5.02 Å². The number of nitriles is 1. The molecule has 0 bridgehead atoms. The Hall–Kier alpha value is -3.83. The number of hydrogen-bond donors (Lipinski definition) is 1. The second kappa shape index (κ2) is 8.73. The zero-order valence-electron chi connectivity index (χ0n) is 17.7. The van der Waals surface area contributed by atoms with E-state index in [-0.39, 0.29) is 16.9 Å². The van der Waals surface area contributed by atoms with Crippen molar-refractivity contribution >= 4 is 34.3 Å². The highest BCUT2D eigenvalue weighted by atomic mass is 35.5. The monoisotopic (exact) mass is 448 g/mol. The molecule has 162 valence electrons. The SMILES string of the molecule is CCCCc1ccc(-n2nc3cc(Cl)c(-n4cc(C#N)c(N)c4C(=O)OC)cc3n2)cc1. The van der Waals surface area contributed by atoms with Gasteiger partial charge < -0.3 is 15.0 Å². The number of aryl methyl sites for hydroxylation is 1. The van der Waals surface area contributed by atoms with E-state index in [0.717, 1.165) is 24.9 Å². The number of hydrogen-bond acceptors (Lipinski definition) is 6. The van der Waals surface area contributed by atoms with Crippen LogP contribution in [0.5, 0.6) is 0 Å². The lowest BCUT2D eigenvalue weighted by atomic mass is 10.1. The summed E-state index contributed by atoms with van der Waals surface area (Å²) in [5.74, 6) is -0.674. The number of anilines is 1. The second-order valence-electron chi connectivity index (χ2n) is 7.33. The van der Waals surface area contributed by atoms with Crippen LogP contribution in [-0.4, -0.2) is 32.6 Å². The van der Waals surface area contributed by atoms with Gasteiger partial charge in [-0.3, -0.25) is 0 Å². The number of methoxy groups -OCH3 is 1. The molecule has 0 unspecified atom stereocenters. The van der Waals surface area contributed by atoms with Gasteiger partial charge >= 0.3 is 5.97 Å². The number of unbranched alkanes of at least 4 members (excludes halogenated alkanes) is 1. The quantitative estimate of drug-likeness (QED) is 0.436. The summed E-state index contributed by atoms with van der Waals surface area (Å²) in [7, 11) is 1.25. The Bertz CT molecular complexity index is 1350. The summed E-state index contributed by atoms with van der Waals surface area (Å²) in [6.45, 7) is 2.17. The van der Waals surface area contributed by atoms with Gasteiger partial charge in [0.25, 0.3) is 0 Å². The van der Waals surface area contributed by atoms with Crippen molar-refractivity contribution in [3.63, 3.8) is 0 Å². The molecule has 0 aliphatic carbocycles. The minimum atomic E-state index is -0.674. The van der Waals surface area contributed by atoms with Gasteiger partial charge in [-0.05, 0) is 42.7 Å². The number of nitrogen functional groups attached to an aromatic ring is 1. The average Bonchev–Trinajstić information content (AvgIpc) is 3.37. The molecule has 0 radical (unpaired) electrons. The molecule has 4 rings (SSSR count). The first kappa shape index (κ1) is 21.4. The van der Waals surface area contributed by atoms with Gasteiger partial charge in [0, 0.05) is 6.20 Å². The van der Waals surface area contributed by atoms with Gasteiger partial charge in [0.05, 0.1) is 34.8 Å². The molecule has 0 spiro atoms. The predicted octanol–water partition coefficient (Wildman–Crippen LogP) is 4.45. The third-order valence-electron chi connectivity index (χ3n) is 5.24. The molecule has 0 saturated carbocycles. The highest BCUT2D eigenvalue weighted by Crippen LogP contribution is 2.31. The van der Waals surface area contributed by atoms with Crippen LogP contribution in [0.25, 0.3) is 22.4 Å². The molecule has 0 fully saturated rings. The van der Waals surface area contributed by atoms with Crippen LogP contribution < -0.4 is 5.73 Å². The molecule has 0 atom stereocenters. The zero-order chi connectivity index (χ0) is 22.8. The van der Waals surface area contributed by atoms with Gasteiger partial charge in [-0.2, -0.15) is 10.1 Å². The fourth-order valence-electron chi connectivity index (χ4n) is 3.51. The molecule has 0 amide bonds. The van der Waals surface area contributed by atoms with E-state index in [2.05, 4.69) is 29.3 Å². The van der Waals surface area contributed by atoms with E-state index >= 15 is 0 Å². The van der Waals surface area contributed by atoms with Crippen molar-refractivity contribution < 1.29 is 9.53 Å². The van der Waals surface area contributed by atoms with Crippen LogP contribution in [-0.2, 0) is 11.2 Å². The number of esters is 1. The molecule has 2 aromatic carbocycles. The van der Waals surface area contributed by atoms with E-state index in [1.165, 1.54) is 23.4 Å². The molecule has 0 saturated heterocycles. The molecular weight excluding hydrogens is 428 g/mol. The lowest BCUT2D eigenvalue weighted by Crippen LogP contribution is -2.11. The molecule has 2 N–H and O–H groups in total. The molecular formula is C23H21ClN6O2. The number of benzene rings is 2. The standard InChI is InChI=1S/C23H21ClN6O2/c1-3-4-5-14-6-8-16(9-7-14)30-27-18-10-17(24)20(11-19(18)28-30)29-13-15(12-25)21(26)22(29)23(31)32-2/h6-11,13H,3-5,26H2,1-2H3. The average molecular weight is 449 g/mol. The molecule has 0 aliphatic heterocycles. The number of ether oxygens (including phenoxy) is 1. The van der Waals surface area contributed by atoms with E-state index in [9.17, 15) is 10.1 Å². The van der Waals surface area contributed by atoms with Crippen LogP contribution in [0, 0.1) is 11.3 Å². The van der Waals surface area contributed by atoms with Crippen molar-refractivity contribution in [3.8, 4) is 17.4 Å². The van der Waals surface area contributed by atoms with Gasteiger partial charge in [-0.1, -0.05) is 37.1 Å². The third kappa shape index (κ3) is 3.79. The summed E-state index contributed by atoms with van der Waals surface area (Å²) in [6, 6.07) is 13.4. The number of halogens is 1. The summed E-state index contributed by atoms with van der Waals surface area (Å²) in [4.78, 5) is 13.8. The number of rotatable bonds is 6. The first-order valence-electron chi connectivity index (χ1n) is 10.1. The lowest BCUT2D eigenvalue weighted by molar-refractivity contribution is 0.0593. The zero-order valence-corrected chi connectivity index (χ0v) is 18.4. The van der Waals surface area contributed by atoms with Crippen molar-refractivity contribution in [3.05, 3.63) is 64.4 Å². The number of carbonyl (C=O) groups excluding carboxylic acids is 1. The molecule has 8 nitrogen and oxygen atoms in total. The van der Waals surface area contributed by atoms with Gasteiger partial charge in [-0.15, -0.1) is 10.2 Å². The maximum absolute atomic E-state index is 12.3. The van der Waals surface area contributed by atoms with Gasteiger partial charge in [0.2, 0.25) is 0 Å². The Morgan fingerprint density at radius 1 is 1.22 bits per heavy atom. The van der Waals surface area contributed by atoms with Crippen LogP contribution in [0.15, 0.2) is 42.6 Å². The highest BCUT2D eigenvalue weighted by molar-refractivity contribution is 6.33. The fourth-order valence-corrected chi connectivity index (χ4v) is 3.76. The minimum Gasteiger partial charge on any atom is -0.464 e. The summed E-state index contributed by atoms with van der Waals surface area (Å²) in [5.41, 5.74) is 9.90. The smallest absolute Gasteiger partial charge is 0.357 e.